The van der Waals surface area contributed by atoms with Crippen molar-refractivity contribution in [2.75, 3.05) is 47.4 Å². The largest absolute Gasteiger partial charge is 0.497 e. The third-order valence-electron chi connectivity index (χ3n) is 4.11. The van der Waals surface area contributed by atoms with Gasteiger partial charge in [0, 0.05) is 31.7 Å². The molecule has 1 fully saturated rings. The molecule has 0 aliphatic carbocycles. The van der Waals surface area contributed by atoms with Gasteiger partial charge in [0.05, 0.1) is 19.1 Å². The van der Waals surface area contributed by atoms with Gasteiger partial charge in [0.1, 0.15) is 11.5 Å². The smallest absolute Gasteiger partial charge is 0.286 e. The molecule has 7 heteroatoms. The first-order valence-corrected chi connectivity index (χ1v) is 8.60. The fourth-order valence-corrected chi connectivity index (χ4v) is 3.58. The number of likely N-dealkylation sites (N-methyl/N-ethyl adjacent to an activating group) is 1. The van der Waals surface area contributed by atoms with Crippen LogP contribution in [0.2, 0.25) is 0 Å². The number of amidine groups is 1. The van der Waals surface area contributed by atoms with Crippen LogP contribution in [0, 0.1) is 0 Å². The normalized spacial score (nSPS) is 20.5. The minimum atomic E-state index is -0.196. The molecule has 1 aromatic carbocycles. The molecule has 0 saturated carbocycles. The number of aliphatic imine (C=N–C) groups is 1. The van der Waals surface area contributed by atoms with E-state index in [9.17, 15) is 4.79 Å². The summed E-state index contributed by atoms with van der Waals surface area (Å²) in [5, 5.41) is 0.793. The quantitative estimate of drug-likeness (QED) is 0.779. The zero-order valence-electron chi connectivity index (χ0n) is 14.1. The average Bonchev–Trinajstić information content (AvgIpc) is 2.96. The van der Waals surface area contributed by atoms with Gasteiger partial charge in [-0.05, 0) is 43.1 Å². The summed E-state index contributed by atoms with van der Waals surface area (Å²) in [6.45, 7) is 3.75. The zero-order chi connectivity index (χ0) is 17.1. The second-order valence-corrected chi connectivity index (χ2v) is 6.72. The minimum Gasteiger partial charge on any atom is -0.497 e. The molecule has 2 aliphatic rings. The molecule has 128 valence electrons. The van der Waals surface area contributed by atoms with Crippen molar-refractivity contribution >= 4 is 28.9 Å². The number of hydrogen-bond acceptors (Lipinski definition) is 6. The lowest BCUT2D eigenvalue weighted by molar-refractivity contribution is -0.113. The van der Waals surface area contributed by atoms with Crippen LogP contribution in [0.15, 0.2) is 28.1 Å². The molecule has 0 unspecified atom stereocenters. The van der Waals surface area contributed by atoms with Crippen LogP contribution in [0.4, 0.5) is 0 Å². The molecule has 0 aromatic heterocycles. The molecule has 24 heavy (non-hydrogen) atoms. The highest BCUT2D eigenvalue weighted by Crippen LogP contribution is 2.33. The second kappa shape index (κ2) is 7.27. The second-order valence-electron chi connectivity index (χ2n) is 5.71. The van der Waals surface area contributed by atoms with Crippen LogP contribution in [-0.4, -0.2) is 68.3 Å². The Balaban J connectivity index is 1.79. The fraction of sp³-hybridized carbons (Fsp3) is 0.412. The zero-order valence-corrected chi connectivity index (χ0v) is 14.9. The standard InChI is InChI=1S/C17H21N3O3S/c1-19-6-8-20(9-7-19)17-18-16(21)15(24-17)11-12-10-13(22-2)4-5-14(12)23-3/h4-5,10-11H,6-9H2,1-3H3. The summed E-state index contributed by atoms with van der Waals surface area (Å²) in [7, 11) is 5.33. The molecule has 0 radical (unpaired) electrons. The number of ether oxygens (including phenoxy) is 2. The molecule has 3 rings (SSSR count). The highest BCUT2D eigenvalue weighted by molar-refractivity contribution is 8.18. The number of amides is 1. The Labute approximate surface area is 146 Å². The van der Waals surface area contributed by atoms with Crippen molar-refractivity contribution in [3.63, 3.8) is 0 Å². The maximum Gasteiger partial charge on any atom is 0.286 e. The van der Waals surface area contributed by atoms with Crippen molar-refractivity contribution in [1.29, 1.82) is 0 Å². The van der Waals surface area contributed by atoms with E-state index in [1.165, 1.54) is 11.8 Å². The van der Waals surface area contributed by atoms with Crippen LogP contribution in [-0.2, 0) is 4.79 Å². The van der Waals surface area contributed by atoms with Gasteiger partial charge in [-0.15, -0.1) is 0 Å². The van der Waals surface area contributed by atoms with Gasteiger partial charge in [0.2, 0.25) is 0 Å². The van der Waals surface area contributed by atoms with E-state index in [0.717, 1.165) is 42.7 Å². The molecule has 2 aliphatic heterocycles. The van der Waals surface area contributed by atoms with Gasteiger partial charge in [-0.25, -0.2) is 0 Å². The summed E-state index contributed by atoms with van der Waals surface area (Å²) in [4.78, 5) is 21.5. The third-order valence-corrected chi connectivity index (χ3v) is 5.15. The van der Waals surface area contributed by atoms with E-state index in [2.05, 4.69) is 21.8 Å². The molecule has 2 heterocycles. The Bertz CT molecular complexity index is 694. The van der Waals surface area contributed by atoms with Crippen LogP contribution in [0.1, 0.15) is 5.56 Å². The first-order valence-electron chi connectivity index (χ1n) is 7.79. The van der Waals surface area contributed by atoms with Gasteiger partial charge in [-0.2, -0.15) is 4.99 Å². The molecular weight excluding hydrogens is 326 g/mol. The Morgan fingerprint density at radius 3 is 2.58 bits per heavy atom. The Kier molecular flexibility index (Phi) is 5.11. The fourth-order valence-electron chi connectivity index (χ4n) is 2.62. The van der Waals surface area contributed by atoms with Gasteiger partial charge < -0.3 is 19.3 Å². The molecule has 6 nitrogen and oxygen atoms in total. The van der Waals surface area contributed by atoms with Crippen molar-refractivity contribution in [2.45, 2.75) is 0 Å². The van der Waals surface area contributed by atoms with E-state index in [1.54, 1.807) is 14.2 Å². The number of methoxy groups -OCH3 is 2. The van der Waals surface area contributed by atoms with Crippen LogP contribution < -0.4 is 9.47 Å². The number of thioether (sulfide) groups is 1. The van der Waals surface area contributed by atoms with Gasteiger partial charge in [-0.3, -0.25) is 4.79 Å². The first kappa shape index (κ1) is 16.9. The predicted octanol–water partition coefficient (Wildman–Crippen LogP) is 1.92. The topological polar surface area (TPSA) is 54.4 Å². The third kappa shape index (κ3) is 3.57. The number of carbonyl (C=O) groups excluding carboxylic acids is 1. The molecule has 1 aromatic rings. The van der Waals surface area contributed by atoms with E-state index in [4.69, 9.17) is 9.47 Å². The Morgan fingerprint density at radius 2 is 1.92 bits per heavy atom. The SMILES string of the molecule is COc1ccc(OC)c(C=C2SC(N3CCN(C)CC3)=NC2=O)c1. The Morgan fingerprint density at radius 1 is 1.17 bits per heavy atom. The van der Waals surface area contributed by atoms with Crippen molar-refractivity contribution < 1.29 is 14.3 Å². The molecule has 1 saturated heterocycles. The minimum absolute atomic E-state index is 0.196. The van der Waals surface area contributed by atoms with Crippen LogP contribution in [0.3, 0.4) is 0 Å². The predicted molar refractivity (Wildman–Crippen MR) is 96.6 cm³/mol. The van der Waals surface area contributed by atoms with E-state index >= 15 is 0 Å². The molecular formula is C17H21N3O3S. The number of nitrogens with zero attached hydrogens (tertiary/aromatic N) is 3. The first-order chi connectivity index (χ1) is 11.6. The summed E-state index contributed by atoms with van der Waals surface area (Å²) in [6.07, 6.45) is 1.82. The van der Waals surface area contributed by atoms with E-state index < -0.39 is 0 Å². The number of piperazine rings is 1. The summed E-state index contributed by atoms with van der Waals surface area (Å²) < 4.78 is 10.6. The lowest BCUT2D eigenvalue weighted by atomic mass is 10.1. The number of benzene rings is 1. The van der Waals surface area contributed by atoms with Crippen molar-refractivity contribution in [1.82, 2.24) is 9.80 Å². The summed E-state index contributed by atoms with van der Waals surface area (Å²) >= 11 is 1.43. The van der Waals surface area contributed by atoms with Gasteiger partial charge >= 0.3 is 0 Å². The molecule has 1 amide bonds. The molecule has 0 spiro atoms. The number of carbonyl (C=O) groups is 1. The van der Waals surface area contributed by atoms with E-state index in [1.807, 2.05) is 24.3 Å². The van der Waals surface area contributed by atoms with E-state index in [-0.39, 0.29) is 5.91 Å². The van der Waals surface area contributed by atoms with E-state index in [0.29, 0.717) is 10.7 Å². The summed E-state index contributed by atoms with van der Waals surface area (Å²) in [6, 6.07) is 5.52. The highest BCUT2D eigenvalue weighted by Gasteiger charge is 2.28. The van der Waals surface area contributed by atoms with Crippen molar-refractivity contribution in [3.8, 4) is 11.5 Å². The van der Waals surface area contributed by atoms with Crippen molar-refractivity contribution in [2.24, 2.45) is 4.99 Å². The van der Waals surface area contributed by atoms with Crippen molar-refractivity contribution in [3.05, 3.63) is 28.7 Å². The van der Waals surface area contributed by atoms with Gasteiger partial charge in [0.15, 0.2) is 5.17 Å². The molecule has 0 N–H and O–H groups in total. The van der Waals surface area contributed by atoms with Gasteiger partial charge in [0.25, 0.3) is 5.91 Å². The summed E-state index contributed by atoms with van der Waals surface area (Å²) in [5.41, 5.74) is 0.808. The van der Waals surface area contributed by atoms with Crippen LogP contribution >= 0.6 is 11.8 Å². The lowest BCUT2D eigenvalue weighted by Crippen LogP contribution is -2.46. The maximum absolute atomic E-state index is 12.3. The average molecular weight is 347 g/mol. The molecule has 0 atom stereocenters. The molecule has 0 bridgehead atoms. The monoisotopic (exact) mass is 347 g/mol. The maximum atomic E-state index is 12.3. The van der Waals surface area contributed by atoms with Gasteiger partial charge in [-0.1, -0.05) is 0 Å². The number of hydrogen-bond donors (Lipinski definition) is 0. The lowest BCUT2D eigenvalue weighted by Gasteiger charge is -2.32. The number of rotatable bonds is 3. The van der Waals surface area contributed by atoms with Crippen LogP contribution in [0.5, 0.6) is 11.5 Å². The summed E-state index contributed by atoms with van der Waals surface area (Å²) in [5.74, 6) is 1.22. The highest BCUT2D eigenvalue weighted by atomic mass is 32.2. The van der Waals surface area contributed by atoms with Crippen LogP contribution in [0.25, 0.3) is 6.08 Å². The Hall–Kier alpha value is -1.99.